The predicted molar refractivity (Wildman–Crippen MR) is 70.0 cm³/mol. The quantitative estimate of drug-likeness (QED) is 0.568. The van der Waals surface area contributed by atoms with E-state index >= 15 is 0 Å². The molecule has 2 aromatic rings. The van der Waals surface area contributed by atoms with Crippen LogP contribution in [0.15, 0.2) is 28.7 Å². The highest BCUT2D eigenvalue weighted by atomic mass is 32.1. The fourth-order valence-corrected chi connectivity index (χ4v) is 4.44. The minimum absolute atomic E-state index is 0.119. The molecule has 22 heavy (non-hydrogen) atoms. The molecule has 2 aliphatic rings. The van der Waals surface area contributed by atoms with Crippen molar-refractivity contribution >= 4 is 28.2 Å². The maximum absolute atomic E-state index is 14.1. The van der Waals surface area contributed by atoms with Gasteiger partial charge in [-0.2, -0.15) is 26.3 Å². The van der Waals surface area contributed by atoms with E-state index in [2.05, 4.69) is 0 Å². The second-order valence-corrected chi connectivity index (χ2v) is 6.64. The van der Waals surface area contributed by atoms with Gasteiger partial charge in [0.15, 0.2) is 5.76 Å². The first kappa shape index (κ1) is 14.1. The summed E-state index contributed by atoms with van der Waals surface area (Å²) in [6, 6.07) is 2.43. The van der Waals surface area contributed by atoms with Crippen LogP contribution in [0.5, 0.6) is 5.75 Å². The van der Waals surface area contributed by atoms with Crippen molar-refractivity contribution < 1.29 is 31.1 Å². The highest BCUT2D eigenvalue weighted by Gasteiger charge is 2.82. The lowest BCUT2D eigenvalue weighted by molar-refractivity contribution is -0.265. The zero-order valence-electron chi connectivity index (χ0n) is 10.3. The van der Waals surface area contributed by atoms with Gasteiger partial charge in [0.1, 0.15) is 5.75 Å². The second-order valence-electron chi connectivity index (χ2n) is 4.81. The molecule has 0 saturated heterocycles. The Morgan fingerprint density at radius 2 is 1.45 bits per heavy atom. The van der Waals surface area contributed by atoms with Crippen LogP contribution >= 0.6 is 22.7 Å². The monoisotopic (exact) mass is 354 g/mol. The number of alkyl halides is 6. The number of halogens is 6. The molecule has 1 aliphatic heterocycles. The van der Waals surface area contributed by atoms with Gasteiger partial charge in [-0.15, -0.1) is 22.7 Å². The van der Waals surface area contributed by atoms with Gasteiger partial charge in [-0.1, -0.05) is 0 Å². The summed E-state index contributed by atoms with van der Waals surface area (Å²) in [5.41, 5.74) is -1.76. The van der Waals surface area contributed by atoms with E-state index in [1.54, 1.807) is 0 Å². The number of ether oxygens (including phenoxy) is 1. The summed E-state index contributed by atoms with van der Waals surface area (Å²) in [7, 11) is 0. The molecular weight excluding hydrogens is 350 g/mol. The fraction of sp³-hybridized carbons (Fsp3) is 0.231. The normalized spacial score (nSPS) is 23.4. The minimum atomic E-state index is -5.54. The summed E-state index contributed by atoms with van der Waals surface area (Å²) in [4.78, 5) is 0.595. The van der Waals surface area contributed by atoms with Gasteiger partial charge in [-0.25, -0.2) is 0 Å². The van der Waals surface area contributed by atoms with E-state index in [-0.39, 0.29) is 16.2 Å². The smallest absolute Gasteiger partial charge is 0.384 e. The maximum atomic E-state index is 14.1. The lowest BCUT2D eigenvalue weighted by atomic mass is 10.0. The Kier molecular flexibility index (Phi) is 2.50. The van der Waals surface area contributed by atoms with Gasteiger partial charge in [0.25, 0.3) is 0 Å². The summed E-state index contributed by atoms with van der Waals surface area (Å²) in [6.07, 6.45) is 0. The first-order chi connectivity index (χ1) is 10.2. The first-order valence-corrected chi connectivity index (χ1v) is 7.68. The van der Waals surface area contributed by atoms with Crippen LogP contribution in [0, 0.1) is 0 Å². The molecule has 0 N–H and O–H groups in total. The van der Waals surface area contributed by atoms with Crippen molar-refractivity contribution in [2.75, 3.05) is 0 Å². The molecule has 0 radical (unpaired) electrons. The Bertz CT molecular complexity index is 816. The third kappa shape index (κ3) is 1.37. The summed E-state index contributed by atoms with van der Waals surface area (Å²) < 4.78 is 88.1. The third-order valence-corrected chi connectivity index (χ3v) is 5.57. The molecule has 1 nitrogen and oxygen atoms in total. The lowest BCUT2D eigenvalue weighted by Crippen LogP contribution is -2.49. The average Bonchev–Trinajstić information content (AvgIpc) is 3.05. The molecule has 0 unspecified atom stereocenters. The number of fused-ring (bicyclic) bond motifs is 4. The first-order valence-electron chi connectivity index (χ1n) is 5.92. The van der Waals surface area contributed by atoms with Crippen molar-refractivity contribution in [1.82, 2.24) is 0 Å². The van der Waals surface area contributed by atoms with Crippen LogP contribution in [0.4, 0.5) is 26.3 Å². The summed E-state index contributed by atoms with van der Waals surface area (Å²) >= 11 is 2.12. The van der Waals surface area contributed by atoms with Gasteiger partial charge >= 0.3 is 17.8 Å². The molecule has 0 fully saturated rings. The van der Waals surface area contributed by atoms with Gasteiger partial charge in [0.05, 0.1) is 15.3 Å². The van der Waals surface area contributed by atoms with Crippen molar-refractivity contribution in [3.05, 3.63) is 34.2 Å². The zero-order valence-corrected chi connectivity index (χ0v) is 11.9. The SMILES string of the molecule is FC1(F)C2=C(c3ccsc3-c3sccc3O2)C(F)(F)C1(F)F. The van der Waals surface area contributed by atoms with Gasteiger partial charge in [0, 0.05) is 5.56 Å². The van der Waals surface area contributed by atoms with Crippen LogP contribution in [-0.2, 0) is 0 Å². The van der Waals surface area contributed by atoms with Crippen LogP contribution in [0.1, 0.15) is 5.56 Å². The molecule has 2 aromatic heterocycles. The third-order valence-electron chi connectivity index (χ3n) is 3.60. The molecule has 0 atom stereocenters. The van der Waals surface area contributed by atoms with Crippen LogP contribution in [0.2, 0.25) is 0 Å². The van der Waals surface area contributed by atoms with Crippen LogP contribution in [0.3, 0.4) is 0 Å². The Morgan fingerprint density at radius 1 is 0.818 bits per heavy atom. The van der Waals surface area contributed by atoms with Gasteiger partial charge in [-0.05, 0) is 22.9 Å². The Labute approximate surface area is 127 Å². The summed E-state index contributed by atoms with van der Waals surface area (Å²) in [5, 5.41) is 2.91. The maximum Gasteiger partial charge on any atom is 0.384 e. The van der Waals surface area contributed by atoms with E-state index in [1.807, 2.05) is 0 Å². The molecule has 9 heteroatoms. The Hall–Kier alpha value is -1.48. The molecule has 1 aliphatic carbocycles. The number of allylic oxidation sites excluding steroid dienone is 2. The molecular formula is C13H4F6OS2. The van der Waals surface area contributed by atoms with Crippen LogP contribution in [0.25, 0.3) is 15.3 Å². The largest absolute Gasteiger partial charge is 0.453 e. The summed E-state index contributed by atoms with van der Waals surface area (Å²) in [6.45, 7) is 0. The number of thiophene rings is 2. The van der Waals surface area contributed by atoms with E-state index < -0.39 is 29.1 Å². The van der Waals surface area contributed by atoms with Crippen molar-refractivity contribution in [3.63, 3.8) is 0 Å². The molecule has 0 saturated carbocycles. The number of hydrogen-bond donors (Lipinski definition) is 0. The standard InChI is InChI=1S/C13H4F6OS2/c14-11(15)7-5-1-3-21-8(5)9-6(2-4-22-9)20-10(7)12(16,17)13(11,18)19/h1-4H. The van der Waals surface area contributed by atoms with E-state index in [4.69, 9.17) is 4.74 Å². The highest BCUT2D eigenvalue weighted by Crippen LogP contribution is 2.65. The molecule has 0 amide bonds. The number of rotatable bonds is 0. The molecule has 0 spiro atoms. The lowest BCUT2D eigenvalue weighted by Gasteiger charge is -2.25. The van der Waals surface area contributed by atoms with E-state index in [0.29, 0.717) is 4.88 Å². The van der Waals surface area contributed by atoms with Crippen LogP contribution in [-0.4, -0.2) is 17.8 Å². The van der Waals surface area contributed by atoms with E-state index in [1.165, 1.54) is 16.8 Å². The molecule has 116 valence electrons. The molecule has 4 rings (SSSR count). The Balaban J connectivity index is 2.10. The Morgan fingerprint density at radius 3 is 2.18 bits per heavy atom. The van der Waals surface area contributed by atoms with Crippen molar-refractivity contribution in [3.8, 4) is 15.5 Å². The fourth-order valence-electron chi connectivity index (χ4n) is 2.54. The van der Waals surface area contributed by atoms with E-state index in [0.717, 1.165) is 28.7 Å². The zero-order chi connectivity index (χ0) is 15.9. The minimum Gasteiger partial charge on any atom is -0.453 e. The molecule has 0 bridgehead atoms. The topological polar surface area (TPSA) is 9.23 Å². The van der Waals surface area contributed by atoms with Crippen molar-refractivity contribution in [1.29, 1.82) is 0 Å². The highest BCUT2D eigenvalue weighted by molar-refractivity contribution is 7.21. The van der Waals surface area contributed by atoms with Gasteiger partial charge in [-0.3, -0.25) is 0 Å². The molecule has 0 aromatic carbocycles. The van der Waals surface area contributed by atoms with Gasteiger partial charge in [0.2, 0.25) is 0 Å². The molecule has 3 heterocycles. The number of hydrogen-bond acceptors (Lipinski definition) is 3. The van der Waals surface area contributed by atoms with Crippen molar-refractivity contribution in [2.24, 2.45) is 0 Å². The predicted octanol–water partition coefficient (Wildman–Crippen LogP) is 5.50. The summed E-state index contributed by atoms with van der Waals surface area (Å²) in [5.74, 6) is -17.4. The van der Waals surface area contributed by atoms with Crippen molar-refractivity contribution in [2.45, 2.75) is 17.8 Å². The van der Waals surface area contributed by atoms with Crippen LogP contribution < -0.4 is 4.74 Å². The second kappa shape index (κ2) is 3.88. The van der Waals surface area contributed by atoms with Gasteiger partial charge < -0.3 is 4.74 Å². The van der Waals surface area contributed by atoms with E-state index in [9.17, 15) is 26.3 Å². The average molecular weight is 354 g/mol.